The van der Waals surface area contributed by atoms with Gasteiger partial charge in [-0.15, -0.1) is 0 Å². The van der Waals surface area contributed by atoms with Crippen molar-refractivity contribution in [2.45, 2.75) is 32.2 Å². The van der Waals surface area contributed by atoms with E-state index in [1.807, 2.05) is 18.7 Å². The molecule has 0 unspecified atom stereocenters. The molecule has 1 fully saturated rings. The van der Waals surface area contributed by atoms with Crippen molar-refractivity contribution in [2.75, 3.05) is 44.2 Å². The number of nitrogens with zero attached hydrogens (tertiary/aromatic N) is 2. The Morgan fingerprint density at radius 1 is 1.17 bits per heavy atom. The lowest BCUT2D eigenvalue weighted by molar-refractivity contribution is -0.137. The highest BCUT2D eigenvalue weighted by Gasteiger charge is 2.31. The summed E-state index contributed by atoms with van der Waals surface area (Å²) in [6, 6.07) is 5.43. The van der Waals surface area contributed by atoms with E-state index in [4.69, 9.17) is 4.74 Å². The Morgan fingerprint density at radius 3 is 2.42 bits per heavy atom. The van der Waals surface area contributed by atoms with Gasteiger partial charge in [-0.3, -0.25) is 4.90 Å². The number of halogens is 3. The maximum atomic E-state index is 12.8. The van der Waals surface area contributed by atoms with Crippen LogP contribution in [0.15, 0.2) is 24.3 Å². The number of ether oxygens (including phenoxy) is 1. The molecule has 24 heavy (non-hydrogen) atoms. The Kier molecular flexibility index (Phi) is 6.48. The zero-order chi connectivity index (χ0) is 17.7. The van der Waals surface area contributed by atoms with Gasteiger partial charge < -0.3 is 14.7 Å². The summed E-state index contributed by atoms with van der Waals surface area (Å²) in [5.74, 6) is 0. The van der Waals surface area contributed by atoms with E-state index in [9.17, 15) is 18.3 Å². The Labute approximate surface area is 140 Å². The van der Waals surface area contributed by atoms with Crippen LogP contribution in [0.4, 0.5) is 18.9 Å². The molecule has 1 aliphatic heterocycles. The highest BCUT2D eigenvalue weighted by Crippen LogP contribution is 2.31. The van der Waals surface area contributed by atoms with Crippen molar-refractivity contribution in [3.8, 4) is 0 Å². The number of piperazine rings is 1. The van der Waals surface area contributed by atoms with Crippen molar-refractivity contribution in [3.05, 3.63) is 29.8 Å². The number of anilines is 1. The molecule has 1 atom stereocenters. The van der Waals surface area contributed by atoms with Crippen LogP contribution in [0, 0.1) is 0 Å². The van der Waals surface area contributed by atoms with Gasteiger partial charge in [0.25, 0.3) is 0 Å². The first-order valence-corrected chi connectivity index (χ1v) is 8.20. The molecule has 1 aliphatic rings. The lowest BCUT2D eigenvalue weighted by Crippen LogP contribution is -2.49. The summed E-state index contributed by atoms with van der Waals surface area (Å²) < 4.78 is 43.8. The van der Waals surface area contributed by atoms with Crippen LogP contribution in [0.5, 0.6) is 0 Å². The topological polar surface area (TPSA) is 35.9 Å². The molecule has 0 aromatic heterocycles. The normalized spacial score (nSPS) is 18.2. The number of rotatable bonds is 6. The minimum atomic E-state index is -4.32. The monoisotopic (exact) mass is 346 g/mol. The summed E-state index contributed by atoms with van der Waals surface area (Å²) >= 11 is 0. The van der Waals surface area contributed by atoms with Crippen molar-refractivity contribution in [2.24, 2.45) is 0 Å². The molecule has 7 heteroatoms. The van der Waals surface area contributed by atoms with Crippen LogP contribution >= 0.6 is 0 Å². The van der Waals surface area contributed by atoms with Gasteiger partial charge in [-0.25, -0.2) is 0 Å². The van der Waals surface area contributed by atoms with Crippen molar-refractivity contribution < 1.29 is 23.0 Å². The minimum Gasteiger partial charge on any atom is -0.389 e. The SMILES string of the molecule is CC(C)OC[C@@H](O)CN1CCN(c2cccc(C(F)(F)F)c2)CC1. The fourth-order valence-electron chi connectivity index (χ4n) is 2.72. The van der Waals surface area contributed by atoms with E-state index < -0.39 is 17.8 Å². The summed E-state index contributed by atoms with van der Waals surface area (Å²) in [7, 11) is 0. The van der Waals surface area contributed by atoms with E-state index in [0.717, 1.165) is 6.07 Å². The van der Waals surface area contributed by atoms with Gasteiger partial charge in [0, 0.05) is 38.4 Å². The quantitative estimate of drug-likeness (QED) is 0.859. The van der Waals surface area contributed by atoms with Gasteiger partial charge in [0.15, 0.2) is 0 Å². The molecule has 0 spiro atoms. The second-order valence-corrected chi connectivity index (χ2v) is 6.37. The van der Waals surface area contributed by atoms with E-state index in [1.165, 1.54) is 12.1 Å². The zero-order valence-corrected chi connectivity index (χ0v) is 14.1. The minimum absolute atomic E-state index is 0.0809. The van der Waals surface area contributed by atoms with Crippen molar-refractivity contribution in [3.63, 3.8) is 0 Å². The summed E-state index contributed by atoms with van der Waals surface area (Å²) in [6.07, 6.45) is -4.79. The standard InChI is InChI=1S/C17H25F3N2O2/c1-13(2)24-12-16(23)11-21-6-8-22(9-7-21)15-5-3-4-14(10-15)17(18,19)20/h3-5,10,13,16,23H,6-9,11-12H2,1-2H3/t16-/m0/s1. The fraction of sp³-hybridized carbons (Fsp3) is 0.647. The van der Waals surface area contributed by atoms with Crippen LogP contribution in [-0.4, -0.2) is 61.5 Å². The average Bonchev–Trinajstić information content (AvgIpc) is 2.53. The summed E-state index contributed by atoms with van der Waals surface area (Å²) in [6.45, 7) is 7.33. The van der Waals surface area contributed by atoms with E-state index in [-0.39, 0.29) is 6.10 Å². The second kappa shape index (κ2) is 8.18. The van der Waals surface area contributed by atoms with Gasteiger partial charge in [-0.2, -0.15) is 13.2 Å². The fourth-order valence-corrected chi connectivity index (χ4v) is 2.72. The summed E-state index contributed by atoms with van der Waals surface area (Å²) in [4.78, 5) is 4.06. The van der Waals surface area contributed by atoms with E-state index in [1.54, 1.807) is 6.07 Å². The maximum Gasteiger partial charge on any atom is 0.416 e. The largest absolute Gasteiger partial charge is 0.416 e. The molecule has 136 valence electrons. The average molecular weight is 346 g/mol. The molecule has 4 nitrogen and oxygen atoms in total. The molecule has 0 bridgehead atoms. The molecular weight excluding hydrogens is 321 g/mol. The molecule has 1 aromatic carbocycles. The number of hydrogen-bond donors (Lipinski definition) is 1. The summed E-state index contributed by atoms with van der Waals surface area (Å²) in [5.41, 5.74) is -0.0307. The molecular formula is C17H25F3N2O2. The number of aliphatic hydroxyl groups excluding tert-OH is 1. The van der Waals surface area contributed by atoms with E-state index >= 15 is 0 Å². The first-order chi connectivity index (χ1) is 11.3. The third-order valence-corrected chi connectivity index (χ3v) is 4.00. The number of benzene rings is 1. The van der Waals surface area contributed by atoms with Crippen LogP contribution in [0.3, 0.4) is 0 Å². The van der Waals surface area contributed by atoms with Crippen LogP contribution < -0.4 is 4.90 Å². The first-order valence-electron chi connectivity index (χ1n) is 8.20. The predicted molar refractivity (Wildman–Crippen MR) is 87.2 cm³/mol. The molecule has 1 aromatic rings. The van der Waals surface area contributed by atoms with Crippen molar-refractivity contribution in [1.82, 2.24) is 4.90 Å². The molecule has 0 radical (unpaired) electrons. The number of aliphatic hydroxyl groups is 1. The number of alkyl halides is 3. The third-order valence-electron chi connectivity index (χ3n) is 4.00. The number of hydrogen-bond acceptors (Lipinski definition) is 4. The lowest BCUT2D eigenvalue weighted by Gasteiger charge is -2.37. The smallest absolute Gasteiger partial charge is 0.389 e. The lowest BCUT2D eigenvalue weighted by atomic mass is 10.1. The molecule has 1 N–H and O–H groups in total. The van der Waals surface area contributed by atoms with Crippen molar-refractivity contribution >= 4 is 5.69 Å². The molecule has 1 saturated heterocycles. The highest BCUT2D eigenvalue weighted by atomic mass is 19.4. The molecule has 0 amide bonds. The van der Waals surface area contributed by atoms with Gasteiger partial charge >= 0.3 is 6.18 Å². The zero-order valence-electron chi connectivity index (χ0n) is 14.1. The van der Waals surface area contributed by atoms with Gasteiger partial charge in [0.05, 0.1) is 24.4 Å². The predicted octanol–water partition coefficient (Wildman–Crippen LogP) is 2.61. The van der Waals surface area contributed by atoms with Gasteiger partial charge in [-0.05, 0) is 32.0 Å². The molecule has 0 saturated carbocycles. The van der Waals surface area contributed by atoms with Crippen LogP contribution in [0.2, 0.25) is 0 Å². The van der Waals surface area contributed by atoms with Gasteiger partial charge in [0.2, 0.25) is 0 Å². The second-order valence-electron chi connectivity index (χ2n) is 6.37. The maximum absolute atomic E-state index is 12.8. The van der Waals surface area contributed by atoms with E-state index in [2.05, 4.69) is 4.90 Å². The van der Waals surface area contributed by atoms with Gasteiger partial charge in [0.1, 0.15) is 0 Å². The number of β-amino-alcohol motifs (C(OH)–C–C–N with tert-alkyl or cyclic N) is 1. The first kappa shape index (κ1) is 19.0. The van der Waals surface area contributed by atoms with E-state index in [0.29, 0.717) is 45.0 Å². The van der Waals surface area contributed by atoms with Crippen LogP contribution in [0.1, 0.15) is 19.4 Å². The van der Waals surface area contributed by atoms with Gasteiger partial charge in [-0.1, -0.05) is 6.07 Å². The Hall–Kier alpha value is -1.31. The molecule has 1 heterocycles. The van der Waals surface area contributed by atoms with Crippen LogP contribution in [-0.2, 0) is 10.9 Å². The Bertz CT molecular complexity index is 515. The molecule has 0 aliphatic carbocycles. The van der Waals surface area contributed by atoms with Crippen LogP contribution in [0.25, 0.3) is 0 Å². The Morgan fingerprint density at radius 2 is 1.83 bits per heavy atom. The van der Waals surface area contributed by atoms with Crippen molar-refractivity contribution in [1.29, 1.82) is 0 Å². The summed E-state index contributed by atoms with van der Waals surface area (Å²) in [5, 5.41) is 9.95. The molecule has 2 rings (SSSR count). The highest BCUT2D eigenvalue weighted by molar-refractivity contribution is 5.49. The third kappa shape index (κ3) is 5.65. The Balaban J connectivity index is 1.84.